The minimum absolute atomic E-state index is 0.0411. The number of quaternary nitrogens is 1. The van der Waals surface area contributed by atoms with Gasteiger partial charge < -0.3 is 27.9 Å². The van der Waals surface area contributed by atoms with E-state index in [2.05, 4.69) is 62.5 Å². The van der Waals surface area contributed by atoms with Gasteiger partial charge in [0.1, 0.15) is 19.8 Å². The molecule has 0 radical (unpaired) electrons. The van der Waals surface area contributed by atoms with Gasteiger partial charge in [0.15, 0.2) is 6.10 Å². The predicted octanol–water partition coefficient (Wildman–Crippen LogP) is 9.72. The molecule has 0 rings (SSSR count). The van der Waals surface area contributed by atoms with Gasteiger partial charge in [-0.1, -0.05) is 101 Å². The third-order valence-corrected chi connectivity index (χ3v) is 8.79. The van der Waals surface area contributed by atoms with Crippen LogP contribution in [-0.2, 0) is 32.7 Å². The van der Waals surface area contributed by atoms with Gasteiger partial charge in [0.2, 0.25) is 0 Å². The molecule has 0 bridgehead atoms. The third kappa shape index (κ3) is 35.8. The standard InChI is InChI=1S/C40H72NO8P/c1-6-8-10-12-14-16-18-20-22-24-26-28-30-32-39(42)46-36-38(37-48-50(44,45)47-35-34-41(3,4)5)49-40(43)33-31-29-27-25-23-21-19-17-15-13-11-9-7-2/h14-17,20-23,38H,6-13,18-19,24-37H2,1-5H3/b16-14-,17-15-,22-20-,23-21-/t38-/m1/s1. The van der Waals surface area contributed by atoms with E-state index < -0.39 is 32.5 Å². The van der Waals surface area contributed by atoms with Crippen molar-refractivity contribution in [2.45, 2.75) is 148 Å². The number of hydrogen-bond acceptors (Lipinski definition) is 8. The zero-order valence-electron chi connectivity index (χ0n) is 32.3. The van der Waals surface area contributed by atoms with E-state index in [1.165, 1.54) is 38.5 Å². The van der Waals surface area contributed by atoms with E-state index in [4.69, 9.17) is 18.5 Å². The fourth-order valence-corrected chi connectivity index (χ4v) is 5.44. The van der Waals surface area contributed by atoms with Gasteiger partial charge in [0.05, 0.1) is 27.7 Å². The summed E-state index contributed by atoms with van der Waals surface area (Å²) in [6.45, 7) is 4.08. The van der Waals surface area contributed by atoms with Crippen molar-refractivity contribution < 1.29 is 42.1 Å². The lowest BCUT2D eigenvalue weighted by molar-refractivity contribution is -0.870. The van der Waals surface area contributed by atoms with Gasteiger partial charge in [0, 0.05) is 12.8 Å². The van der Waals surface area contributed by atoms with Crippen LogP contribution in [0.3, 0.4) is 0 Å². The molecule has 0 aromatic heterocycles. The smallest absolute Gasteiger partial charge is 0.306 e. The molecule has 0 aliphatic heterocycles. The Morgan fingerprint density at radius 3 is 1.54 bits per heavy atom. The number of unbranched alkanes of at least 4 members (excludes halogenated alkanes) is 12. The Hall–Kier alpha value is -2.03. The highest BCUT2D eigenvalue weighted by Gasteiger charge is 2.21. The maximum atomic E-state index is 12.6. The van der Waals surface area contributed by atoms with Crippen molar-refractivity contribution in [2.24, 2.45) is 0 Å². The highest BCUT2D eigenvalue weighted by Crippen LogP contribution is 2.38. The molecule has 0 saturated carbocycles. The number of hydrogen-bond donors (Lipinski definition) is 0. The van der Waals surface area contributed by atoms with E-state index in [9.17, 15) is 19.0 Å². The fourth-order valence-electron chi connectivity index (χ4n) is 4.71. The number of likely N-dealkylation sites (N-methyl/N-ethyl adjacent to an activating group) is 1. The quantitative estimate of drug-likeness (QED) is 0.0212. The van der Waals surface area contributed by atoms with Crippen molar-refractivity contribution >= 4 is 19.8 Å². The molecule has 1 unspecified atom stereocenters. The Kier molecular flexibility index (Phi) is 31.5. The minimum atomic E-state index is -4.63. The second-order valence-electron chi connectivity index (χ2n) is 13.9. The fraction of sp³-hybridized carbons (Fsp3) is 0.750. The summed E-state index contributed by atoms with van der Waals surface area (Å²) in [5, 5.41) is 0. The van der Waals surface area contributed by atoms with Crippen LogP contribution in [0, 0.1) is 0 Å². The predicted molar refractivity (Wildman–Crippen MR) is 203 cm³/mol. The molecule has 50 heavy (non-hydrogen) atoms. The zero-order valence-corrected chi connectivity index (χ0v) is 33.2. The number of ether oxygens (including phenoxy) is 2. The number of phosphoric acid groups is 1. The second-order valence-corrected chi connectivity index (χ2v) is 15.3. The van der Waals surface area contributed by atoms with E-state index in [0.717, 1.165) is 64.2 Å². The first-order chi connectivity index (χ1) is 24.0. The highest BCUT2D eigenvalue weighted by molar-refractivity contribution is 7.45. The van der Waals surface area contributed by atoms with Crippen LogP contribution in [-0.4, -0.2) is 70.0 Å². The van der Waals surface area contributed by atoms with Crippen LogP contribution in [0.2, 0.25) is 0 Å². The average Bonchev–Trinajstić information content (AvgIpc) is 3.06. The van der Waals surface area contributed by atoms with Gasteiger partial charge in [-0.25, -0.2) is 0 Å². The average molecular weight is 726 g/mol. The van der Waals surface area contributed by atoms with Crippen LogP contribution < -0.4 is 4.89 Å². The summed E-state index contributed by atoms with van der Waals surface area (Å²) < 4.78 is 33.7. The summed E-state index contributed by atoms with van der Waals surface area (Å²) >= 11 is 0. The van der Waals surface area contributed by atoms with E-state index in [1.54, 1.807) is 0 Å². The molecule has 0 saturated heterocycles. The molecule has 0 amide bonds. The summed E-state index contributed by atoms with van der Waals surface area (Å²) in [5.41, 5.74) is 0. The number of nitrogens with zero attached hydrogens (tertiary/aromatic N) is 1. The van der Waals surface area contributed by atoms with Crippen LogP contribution in [0.25, 0.3) is 0 Å². The number of carbonyl (C=O) groups excluding carboxylic acids is 2. The number of carbonyl (C=O) groups is 2. The van der Waals surface area contributed by atoms with Crippen molar-refractivity contribution in [2.75, 3.05) is 47.5 Å². The maximum Gasteiger partial charge on any atom is 0.306 e. The lowest BCUT2D eigenvalue weighted by Gasteiger charge is -2.28. The van der Waals surface area contributed by atoms with E-state index in [-0.39, 0.29) is 26.1 Å². The Labute approximate surface area is 305 Å². The summed E-state index contributed by atoms with van der Waals surface area (Å²) in [4.78, 5) is 37.3. The summed E-state index contributed by atoms with van der Waals surface area (Å²) in [6, 6.07) is 0. The molecule has 9 nitrogen and oxygen atoms in total. The normalized spacial score (nSPS) is 14.3. The summed E-state index contributed by atoms with van der Waals surface area (Å²) in [5.74, 6) is -0.899. The molecule has 0 aromatic carbocycles. The molecule has 0 fully saturated rings. The van der Waals surface area contributed by atoms with Crippen LogP contribution in [0.4, 0.5) is 0 Å². The Morgan fingerprint density at radius 2 is 1.08 bits per heavy atom. The molecule has 10 heteroatoms. The number of allylic oxidation sites excluding steroid dienone is 8. The van der Waals surface area contributed by atoms with Gasteiger partial charge in [-0.3, -0.25) is 14.2 Å². The number of phosphoric ester groups is 1. The maximum absolute atomic E-state index is 12.6. The van der Waals surface area contributed by atoms with Gasteiger partial charge in [-0.05, 0) is 77.0 Å². The van der Waals surface area contributed by atoms with Gasteiger partial charge in [-0.15, -0.1) is 0 Å². The van der Waals surface area contributed by atoms with Gasteiger partial charge >= 0.3 is 11.9 Å². The first-order valence-electron chi connectivity index (χ1n) is 19.3. The van der Waals surface area contributed by atoms with Gasteiger partial charge in [0.25, 0.3) is 7.82 Å². The summed E-state index contributed by atoms with van der Waals surface area (Å²) in [6.07, 6.45) is 35.7. The van der Waals surface area contributed by atoms with Crippen molar-refractivity contribution in [1.82, 2.24) is 0 Å². The topological polar surface area (TPSA) is 111 Å². The van der Waals surface area contributed by atoms with Crippen molar-refractivity contribution in [3.63, 3.8) is 0 Å². The van der Waals surface area contributed by atoms with Crippen LogP contribution in [0.15, 0.2) is 48.6 Å². The van der Waals surface area contributed by atoms with E-state index in [1.807, 2.05) is 21.1 Å². The van der Waals surface area contributed by atoms with Crippen molar-refractivity contribution in [3.8, 4) is 0 Å². The van der Waals surface area contributed by atoms with Crippen molar-refractivity contribution in [1.29, 1.82) is 0 Å². The molecular formula is C40H72NO8P. The molecule has 0 aliphatic rings. The molecule has 0 aromatic rings. The summed E-state index contributed by atoms with van der Waals surface area (Å²) in [7, 11) is 1.13. The lowest BCUT2D eigenvalue weighted by atomic mass is 10.1. The van der Waals surface area contributed by atoms with Crippen LogP contribution >= 0.6 is 7.82 Å². The van der Waals surface area contributed by atoms with Crippen molar-refractivity contribution in [3.05, 3.63) is 48.6 Å². The SMILES string of the molecule is CCCCC/C=C\C/C=C\CCCCCC(=O)OC[C@H](COP(=O)([O-])OCC[N+](C)(C)C)OC(=O)CCCCC/C=C\C/C=C\CCCCC. The number of esters is 2. The minimum Gasteiger partial charge on any atom is -0.756 e. The largest absolute Gasteiger partial charge is 0.756 e. The molecule has 0 heterocycles. The molecule has 0 N–H and O–H groups in total. The van der Waals surface area contributed by atoms with Crippen LogP contribution in [0.1, 0.15) is 142 Å². The van der Waals surface area contributed by atoms with E-state index >= 15 is 0 Å². The second kappa shape index (κ2) is 32.8. The first kappa shape index (κ1) is 48.0. The molecular weight excluding hydrogens is 653 g/mol. The first-order valence-corrected chi connectivity index (χ1v) is 20.8. The third-order valence-electron chi connectivity index (χ3n) is 7.82. The molecule has 290 valence electrons. The Balaban J connectivity index is 4.54. The Bertz CT molecular complexity index is 1000. The molecule has 2 atom stereocenters. The van der Waals surface area contributed by atoms with Crippen LogP contribution in [0.5, 0.6) is 0 Å². The number of rotatable bonds is 34. The highest BCUT2D eigenvalue weighted by atomic mass is 31.2. The van der Waals surface area contributed by atoms with Gasteiger partial charge in [-0.2, -0.15) is 0 Å². The zero-order chi connectivity index (χ0) is 37.2. The monoisotopic (exact) mass is 725 g/mol. The van der Waals surface area contributed by atoms with E-state index in [0.29, 0.717) is 23.9 Å². The molecule has 0 spiro atoms. The Morgan fingerprint density at radius 1 is 0.620 bits per heavy atom. The lowest BCUT2D eigenvalue weighted by Crippen LogP contribution is -2.37. The molecule has 0 aliphatic carbocycles.